The number of hydrogen-bond donors (Lipinski definition) is 1. The molecule has 2 rings (SSSR count). The van der Waals surface area contributed by atoms with E-state index < -0.39 is 0 Å². The van der Waals surface area contributed by atoms with Crippen molar-refractivity contribution in [1.82, 2.24) is 10.2 Å². The van der Waals surface area contributed by atoms with E-state index in [1.807, 2.05) is 0 Å². The Morgan fingerprint density at radius 1 is 1.19 bits per heavy atom. The maximum Gasteiger partial charge on any atom is 0.00953 e. The van der Waals surface area contributed by atoms with Crippen LogP contribution < -0.4 is 5.32 Å². The van der Waals surface area contributed by atoms with Gasteiger partial charge in [0.2, 0.25) is 0 Å². The third-order valence-corrected chi connectivity index (χ3v) is 4.29. The summed E-state index contributed by atoms with van der Waals surface area (Å²) in [5, 5.41) is 3.49. The lowest BCUT2D eigenvalue weighted by atomic mass is 10.1. The van der Waals surface area contributed by atoms with Gasteiger partial charge in [0.25, 0.3) is 0 Å². The average Bonchev–Trinajstić information content (AvgIpc) is 3.00. The summed E-state index contributed by atoms with van der Waals surface area (Å²) in [7, 11) is 0. The highest BCUT2D eigenvalue weighted by molar-refractivity contribution is 4.86. The summed E-state index contributed by atoms with van der Waals surface area (Å²) < 4.78 is 0. The molecule has 1 N–H and O–H groups in total. The predicted octanol–water partition coefficient (Wildman–Crippen LogP) is 2.50. The summed E-state index contributed by atoms with van der Waals surface area (Å²) >= 11 is 0. The molecular formula is C14H28N2. The van der Waals surface area contributed by atoms with Crippen molar-refractivity contribution in [3.05, 3.63) is 0 Å². The maximum atomic E-state index is 3.49. The van der Waals surface area contributed by atoms with E-state index >= 15 is 0 Å². The van der Waals surface area contributed by atoms with Crippen molar-refractivity contribution in [2.75, 3.05) is 26.2 Å². The molecule has 2 heteroatoms. The second-order valence-corrected chi connectivity index (χ2v) is 5.70. The molecule has 0 aromatic heterocycles. The zero-order chi connectivity index (χ0) is 11.4. The van der Waals surface area contributed by atoms with Gasteiger partial charge in [-0.15, -0.1) is 0 Å². The summed E-state index contributed by atoms with van der Waals surface area (Å²) in [4.78, 5) is 2.76. The van der Waals surface area contributed by atoms with Crippen molar-refractivity contribution in [1.29, 1.82) is 0 Å². The lowest BCUT2D eigenvalue weighted by molar-refractivity contribution is 0.209. The van der Waals surface area contributed by atoms with Crippen LogP contribution in [0.4, 0.5) is 0 Å². The van der Waals surface area contributed by atoms with Gasteiger partial charge in [0.1, 0.15) is 0 Å². The number of likely N-dealkylation sites (tertiary alicyclic amines) is 1. The molecule has 1 heterocycles. The fourth-order valence-corrected chi connectivity index (χ4v) is 3.02. The first-order valence-electron chi connectivity index (χ1n) is 7.28. The summed E-state index contributed by atoms with van der Waals surface area (Å²) in [6.07, 6.45) is 7.25. The summed E-state index contributed by atoms with van der Waals surface area (Å²) in [6, 6.07) is 0.888. The molecule has 2 unspecified atom stereocenters. The van der Waals surface area contributed by atoms with E-state index in [1.54, 1.807) is 0 Å². The minimum Gasteiger partial charge on any atom is -0.317 e. The summed E-state index contributed by atoms with van der Waals surface area (Å²) in [5.74, 6) is 1.99. The van der Waals surface area contributed by atoms with Crippen molar-refractivity contribution in [2.45, 2.75) is 52.0 Å². The third kappa shape index (κ3) is 3.46. The van der Waals surface area contributed by atoms with E-state index in [2.05, 4.69) is 24.1 Å². The third-order valence-electron chi connectivity index (χ3n) is 4.29. The van der Waals surface area contributed by atoms with Crippen molar-refractivity contribution >= 4 is 0 Å². The fraction of sp³-hybridized carbons (Fsp3) is 1.00. The molecule has 1 saturated heterocycles. The van der Waals surface area contributed by atoms with Gasteiger partial charge in [0.05, 0.1) is 0 Å². The van der Waals surface area contributed by atoms with Gasteiger partial charge in [-0.2, -0.15) is 0 Å². The van der Waals surface area contributed by atoms with Crippen LogP contribution >= 0.6 is 0 Å². The van der Waals surface area contributed by atoms with Gasteiger partial charge in [-0.1, -0.05) is 26.7 Å². The van der Waals surface area contributed by atoms with Crippen molar-refractivity contribution in [3.63, 3.8) is 0 Å². The Hall–Kier alpha value is -0.0800. The average molecular weight is 224 g/mol. The molecule has 1 aliphatic carbocycles. The number of nitrogens with zero attached hydrogens (tertiary/aromatic N) is 1. The molecule has 1 saturated carbocycles. The van der Waals surface area contributed by atoms with Crippen LogP contribution in [0.1, 0.15) is 46.0 Å². The molecule has 0 amide bonds. The molecule has 2 atom stereocenters. The van der Waals surface area contributed by atoms with Gasteiger partial charge in [-0.25, -0.2) is 0 Å². The molecule has 94 valence electrons. The number of hydrogen-bond acceptors (Lipinski definition) is 2. The molecular weight excluding hydrogens is 196 g/mol. The Kier molecular flexibility index (Phi) is 4.66. The van der Waals surface area contributed by atoms with Crippen LogP contribution in [0.15, 0.2) is 0 Å². The molecule has 0 radical (unpaired) electrons. The minimum absolute atomic E-state index is 0.888. The lowest BCUT2D eigenvalue weighted by Gasteiger charge is -2.27. The smallest absolute Gasteiger partial charge is 0.00953 e. The van der Waals surface area contributed by atoms with Crippen LogP contribution in [0.3, 0.4) is 0 Å². The van der Waals surface area contributed by atoms with Crippen LogP contribution in [-0.2, 0) is 0 Å². The topological polar surface area (TPSA) is 15.3 Å². The van der Waals surface area contributed by atoms with Gasteiger partial charge in [-0.05, 0) is 50.7 Å². The number of rotatable bonds is 7. The summed E-state index contributed by atoms with van der Waals surface area (Å²) in [6.45, 7) is 9.61. The minimum atomic E-state index is 0.888. The standard InChI is InChI=1S/C14H28N2/c1-3-14(9-12-5-6-12)16-8-7-13(11-16)10-15-4-2/h12-15H,3-11H2,1-2H3. The first-order valence-corrected chi connectivity index (χ1v) is 7.28. The molecule has 2 fully saturated rings. The second kappa shape index (κ2) is 6.02. The molecule has 2 aliphatic rings. The van der Waals surface area contributed by atoms with Crippen molar-refractivity contribution in [2.24, 2.45) is 11.8 Å². The highest BCUT2D eigenvalue weighted by Gasteiger charge is 2.31. The maximum absolute atomic E-state index is 3.49. The molecule has 0 spiro atoms. The Bertz CT molecular complexity index is 201. The van der Waals surface area contributed by atoms with Gasteiger partial charge >= 0.3 is 0 Å². The van der Waals surface area contributed by atoms with Crippen LogP contribution in [0.5, 0.6) is 0 Å². The van der Waals surface area contributed by atoms with Crippen LogP contribution in [0, 0.1) is 11.8 Å². The van der Waals surface area contributed by atoms with Gasteiger partial charge in [-0.3, -0.25) is 0 Å². The largest absolute Gasteiger partial charge is 0.317 e. The Morgan fingerprint density at radius 3 is 2.62 bits per heavy atom. The lowest BCUT2D eigenvalue weighted by Crippen LogP contribution is -2.34. The molecule has 16 heavy (non-hydrogen) atoms. The molecule has 0 bridgehead atoms. The first-order chi connectivity index (χ1) is 7.83. The van der Waals surface area contributed by atoms with E-state index in [1.165, 1.54) is 51.7 Å². The predicted molar refractivity (Wildman–Crippen MR) is 69.6 cm³/mol. The van der Waals surface area contributed by atoms with E-state index in [-0.39, 0.29) is 0 Å². The van der Waals surface area contributed by atoms with Crippen molar-refractivity contribution in [3.8, 4) is 0 Å². The van der Waals surface area contributed by atoms with Crippen LogP contribution in [0.25, 0.3) is 0 Å². The van der Waals surface area contributed by atoms with Crippen LogP contribution in [0.2, 0.25) is 0 Å². The van der Waals surface area contributed by atoms with E-state index in [0.717, 1.165) is 24.4 Å². The van der Waals surface area contributed by atoms with E-state index in [4.69, 9.17) is 0 Å². The highest BCUT2D eigenvalue weighted by Crippen LogP contribution is 2.36. The van der Waals surface area contributed by atoms with Gasteiger partial charge in [0.15, 0.2) is 0 Å². The quantitative estimate of drug-likeness (QED) is 0.715. The second-order valence-electron chi connectivity index (χ2n) is 5.70. The molecule has 0 aromatic carbocycles. The normalized spacial score (nSPS) is 28.5. The van der Waals surface area contributed by atoms with E-state index in [0.29, 0.717) is 0 Å². The van der Waals surface area contributed by atoms with Crippen molar-refractivity contribution < 1.29 is 0 Å². The highest BCUT2D eigenvalue weighted by atomic mass is 15.2. The fourth-order valence-electron chi connectivity index (χ4n) is 3.02. The monoisotopic (exact) mass is 224 g/mol. The number of nitrogens with one attached hydrogen (secondary N) is 1. The molecule has 0 aromatic rings. The molecule has 1 aliphatic heterocycles. The Morgan fingerprint density at radius 2 is 2.00 bits per heavy atom. The Balaban J connectivity index is 1.72. The van der Waals surface area contributed by atoms with Gasteiger partial charge in [0, 0.05) is 12.6 Å². The van der Waals surface area contributed by atoms with Crippen LogP contribution in [-0.4, -0.2) is 37.1 Å². The summed E-state index contributed by atoms with van der Waals surface area (Å²) in [5.41, 5.74) is 0. The van der Waals surface area contributed by atoms with E-state index in [9.17, 15) is 0 Å². The Labute approximate surface area is 101 Å². The SMILES string of the molecule is CCNCC1CCN(C(CC)CC2CC2)C1. The zero-order valence-electron chi connectivity index (χ0n) is 11.0. The first kappa shape index (κ1) is 12.4. The zero-order valence-corrected chi connectivity index (χ0v) is 11.0. The van der Waals surface area contributed by atoms with Gasteiger partial charge < -0.3 is 10.2 Å². The molecule has 2 nitrogen and oxygen atoms in total.